The molecule has 0 saturated carbocycles. The van der Waals surface area contributed by atoms with Gasteiger partial charge in [0, 0.05) is 12.5 Å². The predicted molar refractivity (Wildman–Crippen MR) is 107 cm³/mol. The minimum Gasteiger partial charge on any atom is -0.496 e. The van der Waals surface area contributed by atoms with Crippen molar-refractivity contribution in [2.45, 2.75) is 45.4 Å². The maximum absolute atomic E-state index is 12.5. The first-order chi connectivity index (χ1) is 11.5. The summed E-state index contributed by atoms with van der Waals surface area (Å²) in [6, 6.07) is 3.26. The number of ether oxygens (including phenoxy) is 1. The second-order valence-corrected chi connectivity index (χ2v) is 7.08. The van der Waals surface area contributed by atoms with E-state index in [1.54, 1.807) is 19.2 Å². The maximum atomic E-state index is 12.5. The zero-order chi connectivity index (χ0) is 17.5. The van der Waals surface area contributed by atoms with E-state index in [0.29, 0.717) is 34.4 Å². The van der Waals surface area contributed by atoms with E-state index in [4.69, 9.17) is 22.1 Å². The summed E-state index contributed by atoms with van der Waals surface area (Å²) in [5, 5.41) is 0.406. The number of anilines is 1. The number of nitrogen functional groups attached to an aromatic ring is 1. The molecule has 0 unspecified atom stereocenters. The monoisotopic (exact) mass is 388 g/mol. The molecule has 0 bridgehead atoms. The number of halogens is 2. The van der Waals surface area contributed by atoms with Crippen LogP contribution in [0, 0.1) is 5.92 Å². The van der Waals surface area contributed by atoms with E-state index < -0.39 is 0 Å². The number of ketones is 1. The number of benzene rings is 1. The van der Waals surface area contributed by atoms with Crippen LogP contribution in [0.3, 0.4) is 0 Å². The number of hydrogen-bond acceptors (Lipinski definition) is 4. The Kier molecular flexibility index (Phi) is 9.62. The Morgan fingerprint density at radius 2 is 2.04 bits per heavy atom. The lowest BCUT2D eigenvalue weighted by molar-refractivity contribution is 0.0959. The van der Waals surface area contributed by atoms with Crippen LogP contribution in [0.25, 0.3) is 0 Å². The highest BCUT2D eigenvalue weighted by atomic mass is 35.5. The van der Waals surface area contributed by atoms with Crippen LogP contribution in [0.2, 0.25) is 5.02 Å². The van der Waals surface area contributed by atoms with Gasteiger partial charge in [0.1, 0.15) is 5.75 Å². The Balaban J connectivity index is 0.00000312. The molecule has 0 atom stereocenters. The Morgan fingerprint density at radius 3 is 2.64 bits per heavy atom. The molecule has 142 valence electrons. The zero-order valence-corrected chi connectivity index (χ0v) is 16.8. The molecule has 1 saturated heterocycles. The van der Waals surface area contributed by atoms with Crippen LogP contribution in [0.5, 0.6) is 5.75 Å². The van der Waals surface area contributed by atoms with E-state index in [1.165, 1.54) is 32.2 Å². The molecule has 1 heterocycles. The Labute approximate surface area is 162 Å². The van der Waals surface area contributed by atoms with Crippen molar-refractivity contribution in [2.24, 2.45) is 5.92 Å². The molecular formula is C19H30Cl2N2O2. The maximum Gasteiger partial charge on any atom is 0.166 e. The fourth-order valence-electron chi connectivity index (χ4n) is 3.31. The number of piperidine rings is 1. The van der Waals surface area contributed by atoms with E-state index >= 15 is 0 Å². The summed E-state index contributed by atoms with van der Waals surface area (Å²) >= 11 is 6.06. The van der Waals surface area contributed by atoms with Crippen molar-refractivity contribution in [3.63, 3.8) is 0 Å². The minimum atomic E-state index is 0. The molecular weight excluding hydrogens is 359 g/mol. The number of carbonyl (C=O) groups is 1. The summed E-state index contributed by atoms with van der Waals surface area (Å²) in [5.74, 6) is 1.24. The molecule has 0 radical (unpaired) electrons. The first-order valence-electron chi connectivity index (χ1n) is 8.93. The first kappa shape index (κ1) is 22.1. The van der Waals surface area contributed by atoms with Gasteiger partial charge in [-0.05, 0) is 57.3 Å². The van der Waals surface area contributed by atoms with Gasteiger partial charge in [-0.15, -0.1) is 12.4 Å². The highest BCUT2D eigenvalue weighted by molar-refractivity contribution is 6.33. The lowest BCUT2D eigenvalue weighted by Crippen LogP contribution is -2.34. The molecule has 0 aromatic heterocycles. The summed E-state index contributed by atoms with van der Waals surface area (Å²) < 4.78 is 5.28. The van der Waals surface area contributed by atoms with Gasteiger partial charge in [0.25, 0.3) is 0 Å². The fraction of sp³-hybridized carbons (Fsp3) is 0.632. The van der Waals surface area contributed by atoms with Crippen LogP contribution >= 0.6 is 24.0 Å². The Bertz CT molecular complexity index is 559. The minimum absolute atomic E-state index is 0. The fourth-order valence-corrected chi connectivity index (χ4v) is 3.47. The number of methoxy groups -OCH3 is 1. The molecule has 0 aliphatic carbocycles. The molecule has 4 nitrogen and oxygen atoms in total. The van der Waals surface area contributed by atoms with E-state index in [2.05, 4.69) is 11.8 Å². The largest absolute Gasteiger partial charge is 0.496 e. The third kappa shape index (κ3) is 6.36. The van der Waals surface area contributed by atoms with Crippen molar-refractivity contribution in [3.05, 3.63) is 22.7 Å². The number of carbonyl (C=O) groups excluding carboxylic acids is 1. The average molecular weight is 389 g/mol. The number of hydrogen-bond donors (Lipinski definition) is 1. The van der Waals surface area contributed by atoms with Crippen molar-refractivity contribution in [1.29, 1.82) is 0 Å². The summed E-state index contributed by atoms with van der Waals surface area (Å²) in [7, 11) is 1.55. The molecule has 0 amide bonds. The molecule has 2 rings (SSSR count). The summed E-state index contributed by atoms with van der Waals surface area (Å²) in [6.07, 6.45) is 6.39. The summed E-state index contributed by atoms with van der Waals surface area (Å²) in [4.78, 5) is 15.1. The van der Waals surface area contributed by atoms with Crippen LogP contribution in [0.1, 0.15) is 55.8 Å². The number of nitrogens with zero attached hydrogens (tertiary/aromatic N) is 1. The van der Waals surface area contributed by atoms with E-state index in [9.17, 15) is 4.79 Å². The quantitative estimate of drug-likeness (QED) is 0.511. The topological polar surface area (TPSA) is 55.6 Å². The summed E-state index contributed by atoms with van der Waals surface area (Å²) in [6.45, 7) is 5.77. The van der Waals surface area contributed by atoms with Crippen molar-refractivity contribution >= 4 is 35.5 Å². The predicted octanol–water partition coefficient (Wildman–Crippen LogP) is 4.83. The van der Waals surface area contributed by atoms with Gasteiger partial charge in [0.2, 0.25) is 0 Å². The molecule has 1 aromatic carbocycles. The van der Waals surface area contributed by atoms with Crippen LogP contribution in [0.15, 0.2) is 12.1 Å². The number of rotatable bonds is 8. The number of unbranched alkanes of at least 4 members (excludes halogenated alkanes) is 1. The highest BCUT2D eigenvalue weighted by Crippen LogP contribution is 2.31. The third-order valence-electron chi connectivity index (χ3n) is 4.93. The molecule has 2 N–H and O–H groups in total. The number of Topliss-reactive ketones (excluding diaryl/α,β-unsaturated/α-hetero) is 1. The van der Waals surface area contributed by atoms with Crippen molar-refractivity contribution in [1.82, 2.24) is 4.90 Å². The number of likely N-dealkylation sites (tertiary alicyclic amines) is 1. The molecule has 1 fully saturated rings. The standard InChI is InChI=1S/C19H29ClN2O2.ClH/c1-3-4-9-22-10-7-14(8-11-22)5-6-18(23)15-12-16(20)17(21)13-19(15)24-2;/h12-14H,3-11,21H2,1-2H3;1H. The third-order valence-corrected chi connectivity index (χ3v) is 5.26. The molecule has 1 aliphatic rings. The van der Waals surface area contributed by atoms with Crippen molar-refractivity contribution in [3.8, 4) is 5.75 Å². The lowest BCUT2D eigenvalue weighted by Gasteiger charge is -2.31. The smallest absolute Gasteiger partial charge is 0.166 e. The van der Waals surface area contributed by atoms with Crippen molar-refractivity contribution in [2.75, 3.05) is 32.5 Å². The van der Waals surface area contributed by atoms with Gasteiger partial charge in [0.05, 0.1) is 23.4 Å². The highest BCUT2D eigenvalue weighted by Gasteiger charge is 2.21. The lowest BCUT2D eigenvalue weighted by atomic mass is 9.90. The number of nitrogens with two attached hydrogens (primary N) is 1. The van der Waals surface area contributed by atoms with Crippen LogP contribution in [-0.4, -0.2) is 37.4 Å². The second-order valence-electron chi connectivity index (χ2n) is 6.67. The van der Waals surface area contributed by atoms with Crippen LogP contribution < -0.4 is 10.5 Å². The van der Waals surface area contributed by atoms with Crippen molar-refractivity contribution < 1.29 is 9.53 Å². The van der Waals surface area contributed by atoms with Gasteiger partial charge in [-0.25, -0.2) is 0 Å². The van der Waals surface area contributed by atoms with Crippen LogP contribution in [0.4, 0.5) is 5.69 Å². The SMILES string of the molecule is CCCCN1CCC(CCC(=O)c2cc(Cl)c(N)cc2OC)CC1.Cl. The summed E-state index contributed by atoms with van der Waals surface area (Å²) in [5.41, 5.74) is 6.75. The Hall–Kier alpha value is -0.970. The van der Waals surface area contributed by atoms with E-state index in [0.717, 1.165) is 19.5 Å². The van der Waals surface area contributed by atoms with Gasteiger partial charge < -0.3 is 15.4 Å². The average Bonchev–Trinajstić information content (AvgIpc) is 2.60. The van der Waals surface area contributed by atoms with Crippen LogP contribution in [-0.2, 0) is 0 Å². The molecule has 6 heteroatoms. The Morgan fingerprint density at radius 1 is 1.36 bits per heavy atom. The van der Waals surface area contributed by atoms with E-state index in [1.807, 2.05) is 0 Å². The zero-order valence-electron chi connectivity index (χ0n) is 15.2. The first-order valence-corrected chi connectivity index (χ1v) is 9.31. The normalized spacial score (nSPS) is 15.6. The molecule has 25 heavy (non-hydrogen) atoms. The van der Waals surface area contributed by atoms with Gasteiger partial charge in [-0.1, -0.05) is 24.9 Å². The molecule has 0 spiro atoms. The van der Waals surface area contributed by atoms with E-state index in [-0.39, 0.29) is 18.2 Å². The van der Waals surface area contributed by atoms with Gasteiger partial charge in [0.15, 0.2) is 5.78 Å². The van der Waals surface area contributed by atoms with Gasteiger partial charge in [-0.3, -0.25) is 4.79 Å². The van der Waals surface area contributed by atoms with Gasteiger partial charge in [-0.2, -0.15) is 0 Å². The molecule has 1 aliphatic heterocycles. The van der Waals surface area contributed by atoms with Gasteiger partial charge >= 0.3 is 0 Å². The second kappa shape index (κ2) is 10.9. The molecule has 1 aromatic rings.